The van der Waals surface area contributed by atoms with Crippen LogP contribution < -0.4 is 10.2 Å². The zero-order valence-corrected chi connectivity index (χ0v) is 27.1. The molecule has 0 spiro atoms. The van der Waals surface area contributed by atoms with Crippen LogP contribution in [0.1, 0.15) is 47.8 Å². The zero-order chi connectivity index (χ0) is 33.5. The van der Waals surface area contributed by atoms with Crippen molar-refractivity contribution >= 4 is 41.8 Å². The predicted octanol–water partition coefficient (Wildman–Crippen LogP) is 6.68. The summed E-state index contributed by atoms with van der Waals surface area (Å²) >= 11 is 9.03. The number of amides is 1. The largest absolute Gasteiger partial charge is 0.478 e. The first kappa shape index (κ1) is 41.0. The number of aromatic carboxylic acids is 1. The molecule has 0 radical (unpaired) electrons. The number of nitrogens with zero attached hydrogens (tertiary/aromatic N) is 1. The van der Waals surface area contributed by atoms with Crippen molar-refractivity contribution in [3.05, 3.63) is 129 Å². The molecule has 0 aliphatic heterocycles. The van der Waals surface area contributed by atoms with Gasteiger partial charge in [0.25, 0.3) is 0 Å². The molecule has 4 aromatic carbocycles. The van der Waals surface area contributed by atoms with E-state index in [0.717, 1.165) is 11.1 Å². The van der Waals surface area contributed by atoms with Gasteiger partial charge < -0.3 is 26.3 Å². The molecule has 0 heterocycles. The van der Waals surface area contributed by atoms with Gasteiger partial charge >= 0.3 is 5.97 Å². The number of carbonyl (C=O) groups is 2. The number of hydrogen-bond acceptors (Lipinski definition) is 4. The maximum absolute atomic E-state index is 13.2. The number of carboxylic acids is 1. The Morgan fingerprint density at radius 3 is 1.70 bits per heavy atom. The van der Waals surface area contributed by atoms with E-state index in [9.17, 15) is 36.6 Å². The lowest BCUT2D eigenvalue weighted by atomic mass is 9.87. The Morgan fingerprint density at radius 2 is 1.23 bits per heavy atom. The van der Waals surface area contributed by atoms with E-state index in [2.05, 4.69) is 50.8 Å². The number of nitrogens with one attached hydrogen (secondary N) is 1. The summed E-state index contributed by atoms with van der Waals surface area (Å²) in [5.74, 6) is -11.1. The highest BCUT2D eigenvalue weighted by Gasteiger charge is 2.23. The van der Waals surface area contributed by atoms with E-state index in [0.29, 0.717) is 23.8 Å². The van der Waals surface area contributed by atoms with E-state index in [4.69, 9.17) is 11.6 Å². The van der Waals surface area contributed by atoms with E-state index in [1.807, 2.05) is 36.4 Å². The maximum Gasteiger partial charge on any atom is 0.335 e. The molecule has 0 aliphatic rings. The fourth-order valence-corrected chi connectivity index (χ4v) is 4.33. The lowest BCUT2D eigenvalue weighted by Gasteiger charge is -2.24. The molecule has 4 aromatic rings. The second kappa shape index (κ2) is 17.8. The average Bonchev–Trinajstić information content (AvgIpc) is 3.02. The van der Waals surface area contributed by atoms with Crippen LogP contribution in [0.5, 0.6) is 0 Å². The smallest absolute Gasteiger partial charge is 0.335 e. The molecule has 7 nitrogen and oxygen atoms in total. The van der Waals surface area contributed by atoms with Gasteiger partial charge in [-0.05, 0) is 58.5 Å². The van der Waals surface area contributed by atoms with Gasteiger partial charge in [0, 0.05) is 17.3 Å². The van der Waals surface area contributed by atoms with Gasteiger partial charge in [-0.15, -0.1) is 12.6 Å². The van der Waals surface area contributed by atoms with Crippen LogP contribution >= 0.6 is 24.2 Å². The normalized spacial score (nSPS) is 10.6. The van der Waals surface area contributed by atoms with Gasteiger partial charge in [0.05, 0.1) is 23.5 Å². The van der Waals surface area contributed by atoms with Crippen LogP contribution in [0.2, 0.25) is 5.02 Å². The van der Waals surface area contributed by atoms with Gasteiger partial charge in [-0.25, -0.2) is 26.7 Å². The zero-order valence-electron chi connectivity index (χ0n) is 25.5. The molecule has 254 valence electrons. The molecule has 1 amide bonds. The van der Waals surface area contributed by atoms with Crippen molar-refractivity contribution in [2.24, 2.45) is 0 Å². The first-order valence-corrected chi connectivity index (χ1v) is 14.3. The molecule has 0 saturated heterocycles. The van der Waals surface area contributed by atoms with Crippen LogP contribution in [0.15, 0.2) is 77.7 Å². The van der Waals surface area contributed by atoms with Crippen molar-refractivity contribution in [3.8, 4) is 0 Å². The summed E-state index contributed by atoms with van der Waals surface area (Å²) in [5, 5.41) is 13.0. The van der Waals surface area contributed by atoms with Crippen molar-refractivity contribution in [2.75, 3.05) is 11.4 Å². The molecular formula is C33H34ClF5N2O5S. The predicted molar refractivity (Wildman–Crippen MR) is 174 cm³/mol. The van der Waals surface area contributed by atoms with Crippen molar-refractivity contribution in [3.63, 3.8) is 0 Å². The van der Waals surface area contributed by atoms with E-state index < -0.39 is 40.0 Å². The molecular weight excluding hydrogens is 667 g/mol. The van der Waals surface area contributed by atoms with Crippen molar-refractivity contribution in [1.29, 1.82) is 0 Å². The number of benzene rings is 4. The summed E-state index contributed by atoms with van der Waals surface area (Å²) in [7, 11) is 0. The molecule has 0 bridgehead atoms. The quantitative estimate of drug-likeness (QED) is 0.0819. The van der Waals surface area contributed by atoms with E-state index in [1.54, 1.807) is 17.0 Å². The van der Waals surface area contributed by atoms with Crippen molar-refractivity contribution in [1.82, 2.24) is 5.32 Å². The molecule has 47 heavy (non-hydrogen) atoms. The Kier molecular flexibility index (Phi) is 15.5. The van der Waals surface area contributed by atoms with Crippen LogP contribution in [0.4, 0.5) is 27.6 Å². The molecule has 0 aromatic heterocycles. The molecule has 14 heteroatoms. The van der Waals surface area contributed by atoms with E-state index >= 15 is 0 Å². The number of halogens is 6. The van der Waals surface area contributed by atoms with Gasteiger partial charge in [0.2, 0.25) is 11.7 Å². The van der Waals surface area contributed by atoms with Crippen LogP contribution in [-0.4, -0.2) is 34.5 Å². The second-order valence-electron chi connectivity index (χ2n) is 10.9. The molecule has 0 atom stereocenters. The summed E-state index contributed by atoms with van der Waals surface area (Å²) in [6.07, 6.45) is 0. The minimum atomic E-state index is -2.18. The van der Waals surface area contributed by atoms with Gasteiger partial charge in [-0.1, -0.05) is 68.8 Å². The van der Waals surface area contributed by atoms with Crippen LogP contribution in [0.25, 0.3) is 0 Å². The Bertz CT molecular complexity index is 1550. The van der Waals surface area contributed by atoms with Crippen LogP contribution in [-0.2, 0) is 23.3 Å². The molecule has 6 N–H and O–H groups in total. The molecule has 0 saturated carbocycles. The Balaban J connectivity index is 0.000000668. The van der Waals surface area contributed by atoms with Gasteiger partial charge in [0.15, 0.2) is 23.3 Å². The average molecular weight is 701 g/mol. The van der Waals surface area contributed by atoms with E-state index in [-0.39, 0.29) is 34.4 Å². The summed E-state index contributed by atoms with van der Waals surface area (Å²) in [5.41, 5.74) is 4.13. The lowest BCUT2D eigenvalue weighted by molar-refractivity contribution is -0.118. The standard InChI is InChI=1S/C27H29ClN2O3.C6HF5S.2H2O/c1-27(2,3)22-10-4-20(5-11-22)18-30(24-14-8-21(9-15-24)26(32)33)25(31)17-29-16-19-6-12-23(28)13-7-19;7-1-2(8)4(10)6(12)5(11)3(1)9;;/h4-15,29H,16-18H2,1-3H3,(H,32,33);12H;2*1H2. The SMILES string of the molecule is CC(C)(C)c1ccc(CN(C(=O)CNCc2ccc(Cl)cc2)c2ccc(C(=O)O)cc2)cc1.Fc1c(F)c(F)c(S)c(F)c1F.O.O. The monoisotopic (exact) mass is 700 g/mol. The summed E-state index contributed by atoms with van der Waals surface area (Å²) < 4.78 is 61.3. The maximum atomic E-state index is 13.2. The third kappa shape index (κ3) is 11.0. The third-order valence-electron chi connectivity index (χ3n) is 6.59. The van der Waals surface area contributed by atoms with Crippen molar-refractivity contribution < 1.29 is 47.6 Å². The first-order chi connectivity index (χ1) is 21.1. The molecule has 4 rings (SSSR count). The fraction of sp³-hybridized carbons (Fsp3) is 0.212. The molecule has 0 fully saturated rings. The highest BCUT2D eigenvalue weighted by Crippen LogP contribution is 2.26. The topological polar surface area (TPSA) is 133 Å². The second-order valence-corrected chi connectivity index (χ2v) is 11.8. The number of hydrogen-bond donors (Lipinski definition) is 3. The van der Waals surface area contributed by atoms with Crippen LogP contribution in [0, 0.1) is 29.1 Å². The van der Waals surface area contributed by atoms with Crippen molar-refractivity contribution in [2.45, 2.75) is 44.2 Å². The molecule has 0 unspecified atom stereocenters. The first-order valence-electron chi connectivity index (χ1n) is 13.5. The Labute approximate surface area is 279 Å². The Morgan fingerprint density at radius 1 is 0.766 bits per heavy atom. The highest BCUT2D eigenvalue weighted by molar-refractivity contribution is 7.80. The summed E-state index contributed by atoms with van der Waals surface area (Å²) in [4.78, 5) is 24.9. The highest BCUT2D eigenvalue weighted by atomic mass is 35.5. The minimum absolute atomic E-state index is 0. The van der Waals surface area contributed by atoms with Crippen LogP contribution in [0.3, 0.4) is 0 Å². The van der Waals surface area contributed by atoms with Gasteiger partial charge in [-0.2, -0.15) is 0 Å². The number of rotatable bonds is 8. The third-order valence-corrected chi connectivity index (χ3v) is 7.24. The Hall–Kier alpha value is -4.01. The summed E-state index contributed by atoms with van der Waals surface area (Å²) in [6.45, 7) is 7.55. The minimum Gasteiger partial charge on any atom is -0.478 e. The number of carboxylic acid groups (broad SMARTS) is 1. The van der Waals surface area contributed by atoms with E-state index in [1.165, 1.54) is 17.7 Å². The number of carbonyl (C=O) groups excluding carboxylic acids is 1. The summed E-state index contributed by atoms with van der Waals surface area (Å²) in [6, 6.07) is 22.1. The molecule has 0 aliphatic carbocycles. The number of anilines is 1. The lowest BCUT2D eigenvalue weighted by Crippen LogP contribution is -2.37. The fourth-order valence-electron chi connectivity index (χ4n) is 4.00. The van der Waals surface area contributed by atoms with Gasteiger partial charge in [-0.3, -0.25) is 4.79 Å². The van der Waals surface area contributed by atoms with Gasteiger partial charge in [0.1, 0.15) is 0 Å². The number of thiol groups is 1.